The highest BCUT2D eigenvalue weighted by Gasteiger charge is 2.20. The van der Waals surface area contributed by atoms with Gasteiger partial charge in [-0.3, -0.25) is 14.9 Å². The zero-order valence-electron chi connectivity index (χ0n) is 6.19. The molecule has 0 aromatic carbocycles. The summed E-state index contributed by atoms with van der Waals surface area (Å²) in [5, 5.41) is 18.6. The second-order valence-electron chi connectivity index (χ2n) is 2.21. The monoisotopic (exact) mass is 221 g/mol. The second-order valence-corrected chi connectivity index (χ2v) is 3.87. The Hall–Kier alpha value is -1.14. The van der Waals surface area contributed by atoms with Crippen molar-refractivity contribution >= 4 is 33.9 Å². The second kappa shape index (κ2) is 3.71. The van der Waals surface area contributed by atoms with Crippen molar-refractivity contribution in [1.29, 1.82) is 0 Å². The van der Waals surface area contributed by atoms with E-state index in [9.17, 15) is 14.9 Å². The van der Waals surface area contributed by atoms with Gasteiger partial charge in [-0.15, -0.1) is 0 Å². The lowest BCUT2D eigenvalue weighted by atomic mass is 10.2. The molecule has 0 aliphatic carbocycles. The summed E-state index contributed by atoms with van der Waals surface area (Å²) in [6.45, 7) is 0. The Labute approximate surface area is 81.7 Å². The van der Waals surface area contributed by atoms with E-state index in [-0.39, 0.29) is 21.3 Å². The molecule has 70 valence electrons. The minimum Gasteiger partial charge on any atom is -0.481 e. The van der Waals surface area contributed by atoms with Crippen LogP contribution in [0.15, 0.2) is 6.07 Å². The number of nitro groups is 1. The maximum absolute atomic E-state index is 10.4. The van der Waals surface area contributed by atoms with Crippen molar-refractivity contribution < 1.29 is 14.8 Å². The number of carboxylic acids is 1. The van der Waals surface area contributed by atoms with Crippen molar-refractivity contribution in [1.82, 2.24) is 0 Å². The van der Waals surface area contributed by atoms with E-state index in [1.807, 2.05) is 0 Å². The number of hydrogen-bond acceptors (Lipinski definition) is 4. The quantitative estimate of drug-likeness (QED) is 0.625. The zero-order valence-corrected chi connectivity index (χ0v) is 7.76. The van der Waals surface area contributed by atoms with Crippen molar-refractivity contribution in [3.8, 4) is 0 Å². The first-order valence-electron chi connectivity index (χ1n) is 3.15. The number of rotatable bonds is 3. The molecule has 1 rings (SSSR count). The Balaban J connectivity index is 3.04. The van der Waals surface area contributed by atoms with Crippen LogP contribution in [0.2, 0.25) is 4.34 Å². The number of hydrogen-bond donors (Lipinski definition) is 1. The molecule has 0 saturated heterocycles. The maximum Gasteiger partial charge on any atom is 0.329 e. The normalized spacial score (nSPS) is 9.92. The molecule has 1 N–H and O–H groups in total. The minimum absolute atomic E-state index is 0.146. The SMILES string of the molecule is O=C(O)Cc1cc(Cl)sc1[N+](=O)[O-]. The van der Waals surface area contributed by atoms with Gasteiger partial charge in [0.2, 0.25) is 0 Å². The van der Waals surface area contributed by atoms with E-state index in [0.717, 1.165) is 11.3 Å². The molecule has 0 amide bonds. The smallest absolute Gasteiger partial charge is 0.329 e. The molecule has 0 radical (unpaired) electrons. The van der Waals surface area contributed by atoms with Gasteiger partial charge >= 0.3 is 11.0 Å². The van der Waals surface area contributed by atoms with Crippen LogP contribution < -0.4 is 0 Å². The average molecular weight is 222 g/mol. The number of carbonyl (C=O) groups is 1. The third-order valence-corrected chi connectivity index (χ3v) is 2.52. The summed E-state index contributed by atoms with van der Waals surface area (Å²) in [6.07, 6.45) is -0.375. The lowest BCUT2D eigenvalue weighted by molar-refractivity contribution is -0.380. The van der Waals surface area contributed by atoms with E-state index < -0.39 is 10.9 Å². The third kappa shape index (κ3) is 2.40. The maximum atomic E-state index is 10.4. The van der Waals surface area contributed by atoms with E-state index in [4.69, 9.17) is 16.7 Å². The third-order valence-electron chi connectivity index (χ3n) is 1.26. The summed E-state index contributed by atoms with van der Waals surface area (Å²) in [7, 11) is 0. The van der Waals surface area contributed by atoms with E-state index >= 15 is 0 Å². The molecule has 5 nitrogen and oxygen atoms in total. The molecule has 13 heavy (non-hydrogen) atoms. The summed E-state index contributed by atoms with van der Waals surface area (Å²) in [5.74, 6) is -1.11. The molecular weight excluding hydrogens is 218 g/mol. The van der Waals surface area contributed by atoms with Gasteiger partial charge in [0.25, 0.3) is 0 Å². The molecule has 0 fully saturated rings. The average Bonchev–Trinajstić information content (AvgIpc) is 2.29. The Morgan fingerprint density at radius 2 is 2.38 bits per heavy atom. The van der Waals surface area contributed by atoms with Crippen LogP contribution in [0.4, 0.5) is 5.00 Å². The van der Waals surface area contributed by atoms with Crippen molar-refractivity contribution in [3.05, 3.63) is 26.1 Å². The number of halogens is 1. The fourth-order valence-corrected chi connectivity index (χ4v) is 1.90. The topological polar surface area (TPSA) is 80.4 Å². The molecular formula is C6H4ClNO4S. The molecule has 0 spiro atoms. The van der Waals surface area contributed by atoms with Crippen molar-refractivity contribution in [2.75, 3.05) is 0 Å². The highest BCUT2D eigenvalue weighted by molar-refractivity contribution is 7.19. The fraction of sp³-hybridized carbons (Fsp3) is 0.167. The summed E-state index contributed by atoms with van der Waals surface area (Å²) in [4.78, 5) is 20.0. The lowest BCUT2D eigenvalue weighted by Crippen LogP contribution is -2.00. The van der Waals surface area contributed by atoms with Gasteiger partial charge < -0.3 is 5.11 Å². The van der Waals surface area contributed by atoms with Gasteiger partial charge in [-0.25, -0.2) is 0 Å². The van der Waals surface area contributed by atoms with Crippen LogP contribution in [-0.4, -0.2) is 16.0 Å². The van der Waals surface area contributed by atoms with Crippen LogP contribution in [0.5, 0.6) is 0 Å². The number of thiophene rings is 1. The summed E-state index contributed by atoms with van der Waals surface area (Å²) in [6, 6.07) is 1.30. The van der Waals surface area contributed by atoms with E-state index in [1.54, 1.807) is 0 Å². The Morgan fingerprint density at radius 3 is 2.85 bits per heavy atom. The van der Waals surface area contributed by atoms with Crippen molar-refractivity contribution in [3.63, 3.8) is 0 Å². The van der Waals surface area contributed by atoms with Gasteiger partial charge in [-0.2, -0.15) is 0 Å². The molecule has 0 atom stereocenters. The Bertz CT molecular complexity index is 362. The minimum atomic E-state index is -1.11. The van der Waals surface area contributed by atoms with Gasteiger partial charge in [0.15, 0.2) is 0 Å². The predicted octanol–water partition coefficient (Wildman–Crippen LogP) is 1.94. The molecule has 1 aromatic heterocycles. The molecule has 0 aliphatic rings. The standard InChI is InChI=1S/C6H4ClNO4S/c7-4-1-3(2-5(9)10)6(13-4)8(11)12/h1H,2H2,(H,9,10). The van der Waals surface area contributed by atoms with Gasteiger partial charge in [0, 0.05) is 0 Å². The van der Waals surface area contributed by atoms with E-state index in [2.05, 4.69) is 0 Å². The van der Waals surface area contributed by atoms with Crippen LogP contribution in [0.25, 0.3) is 0 Å². The summed E-state index contributed by atoms with van der Waals surface area (Å²) in [5.41, 5.74) is 0.146. The van der Waals surface area contributed by atoms with Crippen LogP contribution in [0.1, 0.15) is 5.56 Å². The molecule has 7 heteroatoms. The molecule has 0 unspecified atom stereocenters. The van der Waals surface area contributed by atoms with Crippen LogP contribution in [0.3, 0.4) is 0 Å². The molecule has 0 bridgehead atoms. The summed E-state index contributed by atoms with van der Waals surface area (Å²) >= 11 is 6.28. The van der Waals surface area contributed by atoms with Crippen LogP contribution in [-0.2, 0) is 11.2 Å². The molecule has 0 saturated carbocycles. The number of carboxylic acid groups (broad SMARTS) is 1. The van der Waals surface area contributed by atoms with Gasteiger partial charge in [-0.1, -0.05) is 22.9 Å². The highest BCUT2D eigenvalue weighted by atomic mass is 35.5. The molecule has 1 aromatic rings. The van der Waals surface area contributed by atoms with E-state index in [1.165, 1.54) is 6.07 Å². The Kier molecular flexibility index (Phi) is 2.84. The molecule has 1 heterocycles. The summed E-state index contributed by atoms with van der Waals surface area (Å²) < 4.78 is 0.225. The van der Waals surface area contributed by atoms with Gasteiger partial charge in [-0.05, 0) is 6.07 Å². The van der Waals surface area contributed by atoms with Crippen LogP contribution >= 0.6 is 22.9 Å². The number of nitrogens with zero attached hydrogens (tertiary/aromatic N) is 1. The first-order valence-corrected chi connectivity index (χ1v) is 4.34. The van der Waals surface area contributed by atoms with Crippen molar-refractivity contribution in [2.24, 2.45) is 0 Å². The van der Waals surface area contributed by atoms with Gasteiger partial charge in [0.05, 0.1) is 21.2 Å². The zero-order chi connectivity index (χ0) is 10.0. The first-order chi connectivity index (χ1) is 6.00. The highest BCUT2D eigenvalue weighted by Crippen LogP contribution is 2.33. The van der Waals surface area contributed by atoms with Gasteiger partial charge in [0.1, 0.15) is 0 Å². The van der Waals surface area contributed by atoms with Crippen molar-refractivity contribution in [2.45, 2.75) is 6.42 Å². The molecule has 0 aliphatic heterocycles. The fourth-order valence-electron chi connectivity index (χ4n) is 0.830. The van der Waals surface area contributed by atoms with Crippen LogP contribution in [0, 0.1) is 10.1 Å². The Morgan fingerprint density at radius 1 is 1.77 bits per heavy atom. The van der Waals surface area contributed by atoms with E-state index in [0.29, 0.717) is 0 Å². The lowest BCUT2D eigenvalue weighted by Gasteiger charge is -1.90. The predicted molar refractivity (Wildman–Crippen MR) is 47.3 cm³/mol. The first kappa shape index (κ1) is 9.94. The largest absolute Gasteiger partial charge is 0.481 e. The number of aliphatic carboxylic acids is 1.